The van der Waals surface area contributed by atoms with Crippen molar-refractivity contribution in [3.8, 4) is 0 Å². The molecule has 5 nitrogen and oxygen atoms in total. The molecular weight excluding hydrogens is 349 g/mol. The van der Waals surface area contributed by atoms with Crippen LogP contribution in [0.5, 0.6) is 0 Å². The number of rotatable bonds is 4. The third-order valence-electron chi connectivity index (χ3n) is 3.82. The van der Waals surface area contributed by atoms with Gasteiger partial charge in [0, 0.05) is 22.2 Å². The highest BCUT2D eigenvalue weighted by atomic mass is 35.5. The van der Waals surface area contributed by atoms with Crippen molar-refractivity contribution in [2.75, 3.05) is 5.32 Å². The van der Waals surface area contributed by atoms with Crippen LogP contribution < -0.4 is 5.32 Å². The molecule has 1 aliphatic carbocycles. The zero-order valence-corrected chi connectivity index (χ0v) is 14.1. The Labute approximate surface area is 139 Å². The summed E-state index contributed by atoms with van der Waals surface area (Å²) in [6.07, 6.45) is 2.63. The van der Waals surface area contributed by atoms with Gasteiger partial charge in [-0.2, -0.15) is 8.42 Å². The fraction of sp³-hybridized carbons (Fsp3) is 0.500. The van der Waals surface area contributed by atoms with Gasteiger partial charge >= 0.3 is 0 Å². The molecule has 0 unspecified atom stereocenters. The standard InChI is InChI=1S/C14H17Cl2NO4S/c15-10-6-11(16)8-12(7-10)17-14(18)5-9-3-1-2-4-13(9)22(19,20)21/h6-9,13H,1-5H2,(H,17,18)(H,19,20,21)/t9-,13+/m1/s1. The average Bonchev–Trinajstić information content (AvgIpc) is 2.36. The first-order chi connectivity index (χ1) is 10.3. The van der Waals surface area contributed by atoms with Crippen molar-refractivity contribution in [2.45, 2.75) is 37.4 Å². The Morgan fingerprint density at radius 2 is 1.77 bits per heavy atom. The number of halogens is 2. The smallest absolute Gasteiger partial charge is 0.268 e. The van der Waals surface area contributed by atoms with Crippen LogP contribution in [0.1, 0.15) is 32.1 Å². The molecule has 22 heavy (non-hydrogen) atoms. The van der Waals surface area contributed by atoms with Gasteiger partial charge in [-0.25, -0.2) is 0 Å². The summed E-state index contributed by atoms with van der Waals surface area (Å²) in [6, 6.07) is 4.67. The summed E-state index contributed by atoms with van der Waals surface area (Å²) in [4.78, 5) is 12.1. The SMILES string of the molecule is O=C(C[C@H]1CCCC[C@@H]1S(=O)(=O)O)Nc1cc(Cl)cc(Cl)c1. The van der Waals surface area contributed by atoms with Crippen molar-refractivity contribution in [3.63, 3.8) is 0 Å². The van der Waals surface area contributed by atoms with Gasteiger partial charge in [0.1, 0.15) is 0 Å². The number of hydrogen-bond donors (Lipinski definition) is 2. The van der Waals surface area contributed by atoms with E-state index in [0.717, 1.165) is 12.8 Å². The first-order valence-electron chi connectivity index (χ1n) is 6.98. The van der Waals surface area contributed by atoms with Crippen molar-refractivity contribution >= 4 is 44.9 Å². The van der Waals surface area contributed by atoms with Crippen LogP contribution in [0.2, 0.25) is 10.0 Å². The Morgan fingerprint density at radius 1 is 1.18 bits per heavy atom. The van der Waals surface area contributed by atoms with Gasteiger partial charge in [0.15, 0.2) is 0 Å². The van der Waals surface area contributed by atoms with Gasteiger partial charge in [0.25, 0.3) is 10.1 Å². The molecule has 1 fully saturated rings. The van der Waals surface area contributed by atoms with Crippen LogP contribution in [-0.2, 0) is 14.9 Å². The maximum absolute atomic E-state index is 12.1. The second-order valence-corrected chi connectivity index (χ2v) is 8.02. The number of benzene rings is 1. The highest BCUT2D eigenvalue weighted by Crippen LogP contribution is 2.32. The fourth-order valence-corrected chi connectivity index (χ4v) is 4.58. The van der Waals surface area contributed by atoms with Gasteiger partial charge < -0.3 is 5.32 Å². The molecule has 0 saturated heterocycles. The lowest BCUT2D eigenvalue weighted by Gasteiger charge is -2.28. The van der Waals surface area contributed by atoms with Crippen LogP contribution >= 0.6 is 23.2 Å². The molecule has 0 aliphatic heterocycles. The normalized spacial score (nSPS) is 22.3. The van der Waals surface area contributed by atoms with E-state index >= 15 is 0 Å². The molecule has 1 aromatic rings. The molecule has 0 spiro atoms. The summed E-state index contributed by atoms with van der Waals surface area (Å²) in [5, 5.41) is 2.59. The number of nitrogens with one attached hydrogen (secondary N) is 1. The molecule has 1 aliphatic rings. The lowest BCUT2D eigenvalue weighted by atomic mass is 9.86. The molecule has 122 valence electrons. The lowest BCUT2D eigenvalue weighted by Crippen LogP contribution is -2.34. The Hall–Kier alpha value is -0.820. The van der Waals surface area contributed by atoms with E-state index in [2.05, 4.69) is 5.32 Å². The van der Waals surface area contributed by atoms with Crippen molar-refractivity contribution < 1.29 is 17.8 Å². The number of carbonyl (C=O) groups excluding carboxylic acids is 1. The van der Waals surface area contributed by atoms with Crippen LogP contribution in [0, 0.1) is 5.92 Å². The molecule has 0 heterocycles. The van der Waals surface area contributed by atoms with Gasteiger partial charge in [-0.05, 0) is 37.0 Å². The van der Waals surface area contributed by atoms with Crippen LogP contribution in [-0.4, -0.2) is 24.1 Å². The number of anilines is 1. The third-order valence-corrected chi connectivity index (χ3v) is 5.64. The van der Waals surface area contributed by atoms with E-state index in [1.807, 2.05) is 0 Å². The minimum atomic E-state index is -4.13. The van der Waals surface area contributed by atoms with Crippen LogP contribution in [0.25, 0.3) is 0 Å². The summed E-state index contributed by atoms with van der Waals surface area (Å²) in [5.41, 5.74) is 0.460. The van der Waals surface area contributed by atoms with E-state index in [9.17, 15) is 17.8 Å². The lowest BCUT2D eigenvalue weighted by molar-refractivity contribution is -0.117. The third kappa shape index (κ3) is 4.84. The van der Waals surface area contributed by atoms with E-state index in [4.69, 9.17) is 23.2 Å². The van der Waals surface area contributed by atoms with Crippen LogP contribution in [0.3, 0.4) is 0 Å². The predicted molar refractivity (Wildman–Crippen MR) is 87.0 cm³/mol. The molecule has 8 heteroatoms. The monoisotopic (exact) mass is 365 g/mol. The maximum atomic E-state index is 12.1. The van der Waals surface area contributed by atoms with Gasteiger partial charge in [-0.15, -0.1) is 0 Å². The van der Waals surface area contributed by atoms with E-state index in [1.165, 1.54) is 0 Å². The number of hydrogen-bond acceptors (Lipinski definition) is 3. The van der Waals surface area contributed by atoms with E-state index in [0.29, 0.717) is 28.6 Å². The molecule has 2 atom stereocenters. The number of carbonyl (C=O) groups is 1. The Balaban J connectivity index is 2.04. The van der Waals surface area contributed by atoms with Gasteiger partial charge in [-0.3, -0.25) is 9.35 Å². The molecule has 0 aromatic heterocycles. The molecule has 1 amide bonds. The number of amides is 1. The first-order valence-corrected chi connectivity index (χ1v) is 9.24. The van der Waals surface area contributed by atoms with E-state index in [-0.39, 0.29) is 18.2 Å². The second kappa shape index (κ2) is 7.17. The highest BCUT2D eigenvalue weighted by molar-refractivity contribution is 7.86. The summed E-state index contributed by atoms with van der Waals surface area (Å²) < 4.78 is 32.1. The predicted octanol–water partition coefficient (Wildman–Crippen LogP) is 3.77. The van der Waals surface area contributed by atoms with Crippen molar-refractivity contribution in [1.82, 2.24) is 0 Å². The Kier molecular flexibility index (Phi) is 5.71. The van der Waals surface area contributed by atoms with Crippen LogP contribution in [0.15, 0.2) is 18.2 Å². The Morgan fingerprint density at radius 3 is 2.36 bits per heavy atom. The van der Waals surface area contributed by atoms with Gasteiger partial charge in [0.05, 0.1) is 5.25 Å². The largest absolute Gasteiger partial charge is 0.326 e. The molecule has 0 radical (unpaired) electrons. The summed E-state index contributed by atoms with van der Waals surface area (Å²) in [6.45, 7) is 0. The second-order valence-electron chi connectivity index (χ2n) is 5.51. The van der Waals surface area contributed by atoms with E-state index in [1.54, 1.807) is 18.2 Å². The van der Waals surface area contributed by atoms with Crippen molar-refractivity contribution in [2.24, 2.45) is 5.92 Å². The topological polar surface area (TPSA) is 83.5 Å². The molecule has 2 N–H and O–H groups in total. The molecule has 0 bridgehead atoms. The quantitative estimate of drug-likeness (QED) is 0.795. The summed E-state index contributed by atoms with van der Waals surface area (Å²) in [5.74, 6) is -0.697. The average molecular weight is 366 g/mol. The van der Waals surface area contributed by atoms with Crippen molar-refractivity contribution in [1.29, 1.82) is 0 Å². The Bertz CT molecular complexity index is 643. The van der Waals surface area contributed by atoms with E-state index < -0.39 is 15.4 Å². The van der Waals surface area contributed by atoms with Crippen molar-refractivity contribution in [3.05, 3.63) is 28.2 Å². The first kappa shape index (κ1) is 17.5. The minimum absolute atomic E-state index is 0.0363. The zero-order valence-electron chi connectivity index (χ0n) is 11.8. The summed E-state index contributed by atoms with van der Waals surface area (Å²) >= 11 is 11.7. The molecule has 1 saturated carbocycles. The fourth-order valence-electron chi connectivity index (χ4n) is 2.88. The van der Waals surface area contributed by atoms with Gasteiger partial charge in [0.2, 0.25) is 5.91 Å². The van der Waals surface area contributed by atoms with Gasteiger partial charge in [-0.1, -0.05) is 36.0 Å². The highest BCUT2D eigenvalue weighted by Gasteiger charge is 2.35. The minimum Gasteiger partial charge on any atom is -0.326 e. The summed E-state index contributed by atoms with van der Waals surface area (Å²) in [7, 11) is -4.13. The van der Waals surface area contributed by atoms with Crippen LogP contribution in [0.4, 0.5) is 5.69 Å². The maximum Gasteiger partial charge on any atom is 0.268 e. The molecular formula is C14H17Cl2NO4S. The zero-order chi connectivity index (χ0) is 16.3. The molecule has 1 aromatic carbocycles. The molecule has 2 rings (SSSR count).